The van der Waals surface area contributed by atoms with Crippen molar-refractivity contribution < 1.29 is 0 Å². The van der Waals surface area contributed by atoms with Crippen LogP contribution in [0.4, 0.5) is 0 Å². The van der Waals surface area contributed by atoms with E-state index in [1.807, 2.05) is 0 Å². The van der Waals surface area contributed by atoms with Gasteiger partial charge in [0.2, 0.25) is 0 Å². The second-order valence-electron chi connectivity index (χ2n) is 2.52. The average molecular weight is 119 g/mol. The molecule has 42 valence electrons. The Balaban J connectivity index is 2.26. The zero-order chi connectivity index (χ0) is 5.28. The molecule has 7 heavy (non-hydrogen) atoms. The maximum absolute atomic E-state index is 5.81. The quantitative estimate of drug-likeness (QED) is 0.429. The third-order valence-corrected chi connectivity index (χ3v) is 2.03. The molecule has 1 aliphatic rings. The lowest BCUT2D eigenvalue weighted by Crippen LogP contribution is -1.87. The van der Waals surface area contributed by atoms with Crippen LogP contribution in [0.25, 0.3) is 0 Å². The van der Waals surface area contributed by atoms with Crippen LogP contribution in [-0.4, -0.2) is 5.38 Å². The highest BCUT2D eigenvalue weighted by molar-refractivity contribution is 6.20. The molecular weight excluding hydrogens is 108 g/mol. The summed E-state index contributed by atoms with van der Waals surface area (Å²) in [4.78, 5) is 0. The topological polar surface area (TPSA) is 0 Å². The molecule has 0 aliphatic heterocycles. The maximum atomic E-state index is 5.81. The van der Waals surface area contributed by atoms with E-state index in [0.717, 1.165) is 5.92 Å². The van der Waals surface area contributed by atoms with E-state index in [-0.39, 0.29) is 0 Å². The molecule has 1 fully saturated rings. The zero-order valence-electron chi connectivity index (χ0n) is 4.65. The van der Waals surface area contributed by atoms with Gasteiger partial charge in [-0.15, -0.1) is 11.6 Å². The van der Waals surface area contributed by atoms with Crippen LogP contribution in [0.15, 0.2) is 0 Å². The van der Waals surface area contributed by atoms with Crippen LogP contribution in [-0.2, 0) is 0 Å². The second-order valence-corrected chi connectivity index (χ2v) is 3.13. The largest absolute Gasteiger partial charge is 0.123 e. The molecule has 0 bridgehead atoms. The molecule has 0 saturated heterocycles. The van der Waals surface area contributed by atoms with Crippen LogP contribution in [0.5, 0.6) is 0 Å². The van der Waals surface area contributed by atoms with Gasteiger partial charge in [0.15, 0.2) is 0 Å². The SMILES string of the molecule is C[C@@H]1CC[C@@H](Cl)C1. The van der Waals surface area contributed by atoms with Gasteiger partial charge < -0.3 is 0 Å². The molecule has 0 aromatic rings. The fraction of sp³-hybridized carbons (Fsp3) is 1.00. The minimum Gasteiger partial charge on any atom is -0.123 e. The van der Waals surface area contributed by atoms with E-state index >= 15 is 0 Å². The van der Waals surface area contributed by atoms with Crippen LogP contribution < -0.4 is 0 Å². The Labute approximate surface area is 49.9 Å². The van der Waals surface area contributed by atoms with Crippen molar-refractivity contribution in [3.8, 4) is 0 Å². The minimum atomic E-state index is 0.495. The number of alkyl halides is 1. The Morgan fingerprint density at radius 3 is 2.29 bits per heavy atom. The number of hydrogen-bond donors (Lipinski definition) is 0. The summed E-state index contributed by atoms with van der Waals surface area (Å²) < 4.78 is 0. The third kappa shape index (κ3) is 1.34. The van der Waals surface area contributed by atoms with E-state index < -0.39 is 0 Å². The van der Waals surface area contributed by atoms with Crippen LogP contribution in [0.2, 0.25) is 0 Å². The van der Waals surface area contributed by atoms with Crippen molar-refractivity contribution in [3.63, 3.8) is 0 Å². The van der Waals surface area contributed by atoms with E-state index in [4.69, 9.17) is 11.6 Å². The first-order valence-corrected chi connectivity index (χ1v) is 3.36. The van der Waals surface area contributed by atoms with E-state index in [2.05, 4.69) is 6.92 Å². The average Bonchev–Trinajstić information content (AvgIpc) is 1.87. The monoisotopic (exact) mass is 118 g/mol. The van der Waals surface area contributed by atoms with Gasteiger partial charge in [-0.3, -0.25) is 0 Å². The molecular formula is C6H11Cl. The van der Waals surface area contributed by atoms with Crippen LogP contribution >= 0.6 is 11.6 Å². The van der Waals surface area contributed by atoms with E-state index in [9.17, 15) is 0 Å². The minimum absolute atomic E-state index is 0.495. The molecule has 0 amide bonds. The van der Waals surface area contributed by atoms with E-state index in [1.165, 1.54) is 19.3 Å². The molecule has 0 N–H and O–H groups in total. The van der Waals surface area contributed by atoms with Crippen molar-refractivity contribution in [1.29, 1.82) is 0 Å². The van der Waals surface area contributed by atoms with E-state index in [1.54, 1.807) is 0 Å². The van der Waals surface area contributed by atoms with Crippen LogP contribution in [0.3, 0.4) is 0 Å². The van der Waals surface area contributed by atoms with Crippen molar-refractivity contribution >= 4 is 11.6 Å². The predicted octanol–water partition coefficient (Wildman–Crippen LogP) is 2.41. The summed E-state index contributed by atoms with van der Waals surface area (Å²) in [5.41, 5.74) is 0. The molecule has 0 spiro atoms. The highest BCUT2D eigenvalue weighted by Gasteiger charge is 2.17. The third-order valence-electron chi connectivity index (χ3n) is 1.63. The van der Waals surface area contributed by atoms with Gasteiger partial charge in [0, 0.05) is 5.38 Å². The van der Waals surface area contributed by atoms with Crippen LogP contribution in [0, 0.1) is 5.92 Å². The standard InChI is InChI=1S/C6H11Cl/c1-5-2-3-6(7)4-5/h5-6H,2-4H2,1H3/t5-,6-/m1/s1. The van der Waals surface area contributed by atoms with Gasteiger partial charge in [-0.1, -0.05) is 6.92 Å². The summed E-state index contributed by atoms with van der Waals surface area (Å²) in [7, 11) is 0. The lowest BCUT2D eigenvalue weighted by atomic mass is 10.2. The zero-order valence-corrected chi connectivity index (χ0v) is 5.41. The van der Waals surface area contributed by atoms with Crippen molar-refractivity contribution in [2.45, 2.75) is 31.6 Å². The first-order valence-electron chi connectivity index (χ1n) is 2.93. The second kappa shape index (κ2) is 2.04. The molecule has 0 aromatic heterocycles. The number of halogens is 1. The predicted molar refractivity (Wildman–Crippen MR) is 32.7 cm³/mol. The van der Waals surface area contributed by atoms with Gasteiger partial charge in [-0.2, -0.15) is 0 Å². The molecule has 0 nitrogen and oxygen atoms in total. The summed E-state index contributed by atoms with van der Waals surface area (Å²) >= 11 is 5.81. The van der Waals surface area contributed by atoms with E-state index in [0.29, 0.717) is 5.38 Å². The molecule has 1 aliphatic carbocycles. The highest BCUT2D eigenvalue weighted by atomic mass is 35.5. The smallest absolute Gasteiger partial charge is 0.0338 e. The molecule has 0 aromatic carbocycles. The molecule has 1 rings (SSSR count). The Morgan fingerprint density at radius 2 is 2.14 bits per heavy atom. The van der Waals surface area contributed by atoms with Crippen molar-refractivity contribution in [2.75, 3.05) is 0 Å². The van der Waals surface area contributed by atoms with Gasteiger partial charge in [0.1, 0.15) is 0 Å². The molecule has 1 saturated carbocycles. The Morgan fingerprint density at radius 1 is 1.43 bits per heavy atom. The number of hydrogen-bond acceptors (Lipinski definition) is 0. The lowest BCUT2D eigenvalue weighted by Gasteiger charge is -1.94. The molecule has 1 heteroatoms. The number of rotatable bonds is 0. The van der Waals surface area contributed by atoms with Crippen molar-refractivity contribution in [1.82, 2.24) is 0 Å². The summed E-state index contributed by atoms with van der Waals surface area (Å²) in [5.74, 6) is 0.891. The normalized spacial score (nSPS) is 42.0. The fourth-order valence-electron chi connectivity index (χ4n) is 1.14. The fourth-order valence-corrected chi connectivity index (χ4v) is 1.57. The van der Waals surface area contributed by atoms with Gasteiger partial charge in [-0.05, 0) is 25.2 Å². The first kappa shape index (κ1) is 5.43. The Bertz CT molecular complexity index is 53.2. The Kier molecular flexibility index (Phi) is 1.58. The van der Waals surface area contributed by atoms with Crippen molar-refractivity contribution in [2.24, 2.45) is 5.92 Å². The summed E-state index contributed by atoms with van der Waals surface area (Å²) in [6.45, 7) is 2.27. The summed E-state index contributed by atoms with van der Waals surface area (Å²) in [6.07, 6.45) is 3.82. The molecule has 0 radical (unpaired) electrons. The molecule has 2 atom stereocenters. The van der Waals surface area contributed by atoms with Crippen molar-refractivity contribution in [3.05, 3.63) is 0 Å². The Hall–Kier alpha value is 0.290. The van der Waals surface area contributed by atoms with Gasteiger partial charge in [0.05, 0.1) is 0 Å². The van der Waals surface area contributed by atoms with Gasteiger partial charge in [0.25, 0.3) is 0 Å². The maximum Gasteiger partial charge on any atom is 0.0338 e. The summed E-state index contributed by atoms with van der Waals surface area (Å²) in [6, 6.07) is 0. The first-order chi connectivity index (χ1) is 3.29. The van der Waals surface area contributed by atoms with Crippen LogP contribution in [0.1, 0.15) is 26.2 Å². The lowest BCUT2D eigenvalue weighted by molar-refractivity contribution is 0.613. The highest BCUT2D eigenvalue weighted by Crippen LogP contribution is 2.28. The summed E-state index contributed by atoms with van der Waals surface area (Å²) in [5, 5.41) is 0.495. The van der Waals surface area contributed by atoms with Gasteiger partial charge >= 0.3 is 0 Å². The molecule has 0 unspecified atom stereocenters. The van der Waals surface area contributed by atoms with Gasteiger partial charge in [-0.25, -0.2) is 0 Å². The molecule has 0 heterocycles.